The Hall–Kier alpha value is -3.59. The molecule has 30 heavy (non-hydrogen) atoms. The third-order valence-corrected chi connectivity index (χ3v) is 5.28. The number of aromatic amines is 1. The minimum atomic E-state index is -0.312. The lowest BCUT2D eigenvalue weighted by Crippen LogP contribution is -2.24. The third-order valence-electron chi connectivity index (χ3n) is 4.40. The summed E-state index contributed by atoms with van der Waals surface area (Å²) in [4.78, 5) is 31.8. The van der Waals surface area contributed by atoms with Crippen molar-refractivity contribution in [2.45, 2.75) is 11.7 Å². The van der Waals surface area contributed by atoms with Gasteiger partial charge in [0.25, 0.3) is 5.56 Å². The number of methoxy groups -OCH3 is 1. The molecule has 8 nitrogen and oxygen atoms in total. The van der Waals surface area contributed by atoms with E-state index in [-0.39, 0.29) is 17.2 Å². The van der Waals surface area contributed by atoms with Crippen molar-refractivity contribution in [3.63, 3.8) is 0 Å². The van der Waals surface area contributed by atoms with Gasteiger partial charge in [-0.05, 0) is 17.7 Å². The largest absolute Gasteiger partial charge is 0.494 e. The SMILES string of the molecule is COc1ccccc1-n1ncc2c(=O)[nH]c(SCC(=O)NCc3ccccc3)nc21. The van der Waals surface area contributed by atoms with Crippen LogP contribution in [0.3, 0.4) is 0 Å². The molecule has 2 N–H and O–H groups in total. The number of aromatic nitrogens is 4. The number of ether oxygens (including phenoxy) is 1. The Morgan fingerprint density at radius 1 is 1.17 bits per heavy atom. The topological polar surface area (TPSA) is 102 Å². The molecule has 2 aromatic carbocycles. The van der Waals surface area contributed by atoms with Crippen LogP contribution < -0.4 is 15.6 Å². The molecular weight excluding hydrogens is 402 g/mol. The molecule has 0 bridgehead atoms. The van der Waals surface area contributed by atoms with E-state index in [2.05, 4.69) is 20.4 Å². The maximum atomic E-state index is 12.5. The molecule has 0 fully saturated rings. The summed E-state index contributed by atoms with van der Waals surface area (Å²) in [5.41, 5.74) is 1.78. The Bertz CT molecular complexity index is 1240. The standard InChI is InChI=1S/C21H19N5O3S/c1-29-17-10-6-5-9-16(17)26-19-15(12-23-26)20(28)25-21(24-19)30-13-18(27)22-11-14-7-3-2-4-8-14/h2-10,12H,11,13H2,1H3,(H,22,27)(H,24,25,28). The fourth-order valence-corrected chi connectivity index (χ4v) is 3.61. The quantitative estimate of drug-likeness (QED) is 0.351. The summed E-state index contributed by atoms with van der Waals surface area (Å²) in [6.07, 6.45) is 1.47. The van der Waals surface area contributed by atoms with Gasteiger partial charge in [-0.3, -0.25) is 9.59 Å². The maximum absolute atomic E-state index is 12.5. The molecule has 0 spiro atoms. The molecule has 4 aromatic rings. The van der Waals surface area contributed by atoms with E-state index in [4.69, 9.17) is 4.74 Å². The average Bonchev–Trinajstić information content (AvgIpc) is 3.21. The van der Waals surface area contributed by atoms with Crippen LogP contribution in [-0.2, 0) is 11.3 Å². The molecule has 1 amide bonds. The van der Waals surface area contributed by atoms with Gasteiger partial charge in [-0.15, -0.1) is 0 Å². The number of carbonyl (C=O) groups is 1. The number of rotatable bonds is 7. The second-order valence-electron chi connectivity index (χ2n) is 6.39. The molecule has 9 heteroatoms. The van der Waals surface area contributed by atoms with Crippen LogP contribution in [0.4, 0.5) is 0 Å². The molecule has 0 aliphatic heterocycles. The van der Waals surface area contributed by atoms with Crippen LogP contribution in [0.25, 0.3) is 16.7 Å². The fourth-order valence-electron chi connectivity index (χ4n) is 2.93. The molecule has 0 aliphatic rings. The molecule has 0 atom stereocenters. The number of benzene rings is 2. The van der Waals surface area contributed by atoms with E-state index in [0.29, 0.717) is 34.2 Å². The van der Waals surface area contributed by atoms with Gasteiger partial charge >= 0.3 is 0 Å². The summed E-state index contributed by atoms with van der Waals surface area (Å²) in [6, 6.07) is 17.0. The first-order chi connectivity index (χ1) is 14.7. The van der Waals surface area contributed by atoms with E-state index < -0.39 is 0 Å². The molecule has 0 radical (unpaired) electrons. The Kier molecular flexibility index (Phi) is 5.80. The van der Waals surface area contributed by atoms with Gasteiger partial charge in [-0.1, -0.05) is 54.2 Å². The number of nitrogens with one attached hydrogen (secondary N) is 2. The Labute approximate surface area is 176 Å². The van der Waals surface area contributed by atoms with E-state index >= 15 is 0 Å². The smallest absolute Gasteiger partial charge is 0.262 e. The van der Waals surface area contributed by atoms with Crippen molar-refractivity contribution < 1.29 is 9.53 Å². The molecular formula is C21H19N5O3S. The fraction of sp³-hybridized carbons (Fsp3) is 0.143. The van der Waals surface area contributed by atoms with E-state index in [1.54, 1.807) is 11.8 Å². The van der Waals surface area contributed by atoms with Gasteiger partial charge in [0, 0.05) is 6.54 Å². The summed E-state index contributed by atoms with van der Waals surface area (Å²) in [5.74, 6) is 0.591. The van der Waals surface area contributed by atoms with Gasteiger partial charge in [0.15, 0.2) is 10.8 Å². The Morgan fingerprint density at radius 3 is 2.73 bits per heavy atom. The first-order valence-electron chi connectivity index (χ1n) is 9.20. The number of para-hydroxylation sites is 2. The van der Waals surface area contributed by atoms with Crippen molar-refractivity contribution in [1.29, 1.82) is 0 Å². The zero-order valence-corrected chi connectivity index (χ0v) is 17.0. The third kappa shape index (κ3) is 4.20. The van der Waals surface area contributed by atoms with Crippen LogP contribution in [0.5, 0.6) is 5.75 Å². The van der Waals surface area contributed by atoms with Crippen molar-refractivity contribution in [3.05, 3.63) is 76.7 Å². The summed E-state index contributed by atoms with van der Waals surface area (Å²) in [6.45, 7) is 0.448. The first-order valence-corrected chi connectivity index (χ1v) is 10.2. The molecule has 2 aromatic heterocycles. The molecule has 2 heterocycles. The van der Waals surface area contributed by atoms with Gasteiger partial charge in [-0.25, -0.2) is 9.67 Å². The second-order valence-corrected chi connectivity index (χ2v) is 7.35. The summed E-state index contributed by atoms with van der Waals surface area (Å²) >= 11 is 1.16. The minimum Gasteiger partial charge on any atom is -0.494 e. The highest BCUT2D eigenvalue weighted by atomic mass is 32.2. The van der Waals surface area contributed by atoms with Gasteiger partial charge < -0.3 is 15.0 Å². The van der Waals surface area contributed by atoms with Crippen LogP contribution >= 0.6 is 11.8 Å². The Morgan fingerprint density at radius 2 is 1.93 bits per heavy atom. The predicted octanol–water partition coefficient (Wildman–Crippen LogP) is 2.53. The number of nitrogens with zero attached hydrogens (tertiary/aromatic N) is 3. The number of H-pyrrole nitrogens is 1. The Balaban J connectivity index is 1.52. The lowest BCUT2D eigenvalue weighted by molar-refractivity contribution is -0.118. The van der Waals surface area contributed by atoms with Gasteiger partial charge in [0.1, 0.15) is 16.8 Å². The highest BCUT2D eigenvalue weighted by molar-refractivity contribution is 7.99. The monoisotopic (exact) mass is 421 g/mol. The van der Waals surface area contributed by atoms with E-state index in [9.17, 15) is 9.59 Å². The zero-order valence-electron chi connectivity index (χ0n) is 16.2. The maximum Gasteiger partial charge on any atom is 0.262 e. The van der Waals surface area contributed by atoms with Crippen LogP contribution in [0, 0.1) is 0 Å². The molecule has 0 unspecified atom stereocenters. The molecule has 152 valence electrons. The minimum absolute atomic E-state index is 0.129. The second kappa shape index (κ2) is 8.83. The van der Waals surface area contributed by atoms with Gasteiger partial charge in [0.2, 0.25) is 5.91 Å². The van der Waals surface area contributed by atoms with Gasteiger partial charge in [-0.2, -0.15) is 5.10 Å². The lowest BCUT2D eigenvalue weighted by Gasteiger charge is -2.09. The number of hydrogen-bond acceptors (Lipinski definition) is 6. The zero-order chi connectivity index (χ0) is 20.9. The average molecular weight is 421 g/mol. The number of amides is 1. The number of hydrogen-bond donors (Lipinski definition) is 2. The van der Waals surface area contributed by atoms with E-state index in [0.717, 1.165) is 17.3 Å². The van der Waals surface area contributed by atoms with Crippen LogP contribution in [0.15, 0.2) is 70.7 Å². The van der Waals surface area contributed by atoms with Crippen molar-refractivity contribution >= 4 is 28.7 Å². The molecule has 0 saturated heterocycles. The number of thioether (sulfide) groups is 1. The van der Waals surface area contributed by atoms with Crippen molar-refractivity contribution in [2.24, 2.45) is 0 Å². The number of carbonyl (C=O) groups excluding carboxylic acids is 1. The number of fused-ring (bicyclic) bond motifs is 1. The summed E-state index contributed by atoms with van der Waals surface area (Å²) in [5, 5.41) is 7.86. The van der Waals surface area contributed by atoms with Crippen molar-refractivity contribution in [2.75, 3.05) is 12.9 Å². The summed E-state index contributed by atoms with van der Waals surface area (Å²) in [7, 11) is 1.57. The van der Waals surface area contributed by atoms with Crippen LogP contribution in [0.2, 0.25) is 0 Å². The highest BCUT2D eigenvalue weighted by Crippen LogP contribution is 2.24. The van der Waals surface area contributed by atoms with Gasteiger partial charge in [0.05, 0.1) is 19.1 Å². The highest BCUT2D eigenvalue weighted by Gasteiger charge is 2.15. The predicted molar refractivity (Wildman–Crippen MR) is 115 cm³/mol. The van der Waals surface area contributed by atoms with Crippen molar-refractivity contribution in [1.82, 2.24) is 25.1 Å². The molecule has 0 aliphatic carbocycles. The van der Waals surface area contributed by atoms with Crippen LogP contribution in [-0.4, -0.2) is 38.5 Å². The normalized spacial score (nSPS) is 10.8. The molecule has 0 saturated carbocycles. The summed E-state index contributed by atoms with van der Waals surface area (Å²) < 4.78 is 6.95. The lowest BCUT2D eigenvalue weighted by atomic mass is 10.2. The van der Waals surface area contributed by atoms with E-state index in [1.807, 2.05) is 54.6 Å². The van der Waals surface area contributed by atoms with E-state index in [1.165, 1.54) is 6.20 Å². The molecule has 4 rings (SSSR count). The van der Waals surface area contributed by atoms with Crippen LogP contribution in [0.1, 0.15) is 5.56 Å². The van der Waals surface area contributed by atoms with Crippen molar-refractivity contribution in [3.8, 4) is 11.4 Å². The first kappa shape index (κ1) is 19.7.